The minimum atomic E-state index is -0.149. The smallest absolute Gasteiger partial charge is 0.0443 e. The van der Waals surface area contributed by atoms with Crippen LogP contribution in [-0.2, 0) is 5.54 Å². The van der Waals surface area contributed by atoms with E-state index in [1.54, 1.807) is 0 Å². The van der Waals surface area contributed by atoms with Crippen LogP contribution < -0.4 is 5.73 Å². The van der Waals surface area contributed by atoms with Crippen molar-refractivity contribution in [3.05, 3.63) is 35.9 Å². The Morgan fingerprint density at radius 3 is 2.69 bits per heavy atom. The molecule has 2 nitrogen and oxygen atoms in total. The Hall–Kier alpha value is -0.860. The first-order valence-electron chi connectivity index (χ1n) is 4.72. The molecule has 1 fully saturated rings. The molecule has 0 aliphatic heterocycles. The predicted octanol–water partition coefficient (Wildman–Crippen LogP) is 1.24. The molecule has 1 saturated carbocycles. The number of aliphatic hydroxyl groups excluding tert-OH is 1. The molecule has 2 heteroatoms. The summed E-state index contributed by atoms with van der Waals surface area (Å²) in [5.74, 6) is 0.472. The minimum absolute atomic E-state index is 0.149. The SMILES string of the molecule is N[C@]1(c2ccccc2)C[C@H]1CCO. The molecule has 1 aliphatic rings. The molecule has 1 aromatic rings. The maximum absolute atomic E-state index is 8.80. The zero-order valence-corrected chi connectivity index (χ0v) is 7.61. The van der Waals surface area contributed by atoms with E-state index in [-0.39, 0.29) is 12.1 Å². The van der Waals surface area contributed by atoms with Crippen molar-refractivity contribution in [1.29, 1.82) is 0 Å². The van der Waals surface area contributed by atoms with Gasteiger partial charge in [-0.1, -0.05) is 30.3 Å². The number of benzene rings is 1. The quantitative estimate of drug-likeness (QED) is 0.729. The summed E-state index contributed by atoms with van der Waals surface area (Å²) in [7, 11) is 0. The Kier molecular flexibility index (Phi) is 2.10. The van der Waals surface area contributed by atoms with Crippen LogP contribution in [0.5, 0.6) is 0 Å². The minimum Gasteiger partial charge on any atom is -0.396 e. The zero-order valence-electron chi connectivity index (χ0n) is 7.61. The van der Waals surface area contributed by atoms with Gasteiger partial charge in [-0.15, -0.1) is 0 Å². The fourth-order valence-electron chi connectivity index (χ4n) is 1.97. The first-order chi connectivity index (χ1) is 6.27. The van der Waals surface area contributed by atoms with Crippen molar-refractivity contribution in [1.82, 2.24) is 0 Å². The van der Waals surface area contributed by atoms with Gasteiger partial charge >= 0.3 is 0 Å². The lowest BCUT2D eigenvalue weighted by Crippen LogP contribution is -2.22. The van der Waals surface area contributed by atoms with E-state index in [0.717, 1.165) is 12.8 Å². The van der Waals surface area contributed by atoms with E-state index < -0.39 is 0 Å². The van der Waals surface area contributed by atoms with Gasteiger partial charge in [-0.3, -0.25) is 0 Å². The van der Waals surface area contributed by atoms with Gasteiger partial charge in [0.25, 0.3) is 0 Å². The van der Waals surface area contributed by atoms with Crippen LogP contribution in [-0.4, -0.2) is 11.7 Å². The molecule has 2 atom stereocenters. The van der Waals surface area contributed by atoms with Crippen LogP contribution in [0.1, 0.15) is 18.4 Å². The molecule has 1 aliphatic carbocycles. The second kappa shape index (κ2) is 3.13. The third-order valence-corrected chi connectivity index (χ3v) is 2.94. The highest BCUT2D eigenvalue weighted by molar-refractivity contribution is 5.31. The van der Waals surface area contributed by atoms with E-state index in [9.17, 15) is 0 Å². The molecule has 13 heavy (non-hydrogen) atoms. The molecule has 0 heterocycles. The van der Waals surface area contributed by atoms with Gasteiger partial charge in [0.15, 0.2) is 0 Å². The molecule has 0 radical (unpaired) electrons. The summed E-state index contributed by atoms with van der Waals surface area (Å²) in [6.45, 7) is 0.246. The number of nitrogens with two attached hydrogens (primary N) is 1. The summed E-state index contributed by atoms with van der Waals surface area (Å²) in [4.78, 5) is 0. The normalized spacial score (nSPS) is 31.7. The third-order valence-electron chi connectivity index (χ3n) is 2.94. The molecule has 70 valence electrons. The molecular weight excluding hydrogens is 162 g/mol. The first kappa shape index (κ1) is 8.73. The zero-order chi connectivity index (χ0) is 9.31. The van der Waals surface area contributed by atoms with Crippen molar-refractivity contribution < 1.29 is 5.11 Å². The molecule has 2 rings (SSSR count). The monoisotopic (exact) mass is 177 g/mol. The largest absolute Gasteiger partial charge is 0.396 e. The Morgan fingerprint density at radius 2 is 2.08 bits per heavy atom. The van der Waals surface area contributed by atoms with E-state index in [1.807, 2.05) is 18.2 Å². The lowest BCUT2D eigenvalue weighted by atomic mass is 10.0. The van der Waals surface area contributed by atoms with Crippen LogP contribution in [0.2, 0.25) is 0 Å². The highest BCUT2D eigenvalue weighted by Gasteiger charge is 2.51. The van der Waals surface area contributed by atoms with Crippen molar-refractivity contribution in [3.63, 3.8) is 0 Å². The fourth-order valence-corrected chi connectivity index (χ4v) is 1.97. The Morgan fingerprint density at radius 1 is 1.38 bits per heavy atom. The summed E-state index contributed by atoms with van der Waals surface area (Å²) in [5, 5.41) is 8.80. The van der Waals surface area contributed by atoms with Gasteiger partial charge in [-0.25, -0.2) is 0 Å². The van der Waals surface area contributed by atoms with Crippen LogP contribution in [0, 0.1) is 5.92 Å². The van der Waals surface area contributed by atoms with E-state index in [1.165, 1.54) is 5.56 Å². The summed E-state index contributed by atoms with van der Waals surface area (Å²) < 4.78 is 0. The first-order valence-corrected chi connectivity index (χ1v) is 4.72. The lowest BCUT2D eigenvalue weighted by Gasteiger charge is -2.10. The van der Waals surface area contributed by atoms with Gasteiger partial charge in [0, 0.05) is 12.1 Å². The van der Waals surface area contributed by atoms with Crippen LogP contribution in [0.25, 0.3) is 0 Å². The number of aliphatic hydroxyl groups is 1. The molecule has 0 unspecified atom stereocenters. The van der Waals surface area contributed by atoms with Crippen molar-refractivity contribution >= 4 is 0 Å². The number of hydrogen-bond acceptors (Lipinski definition) is 2. The predicted molar refractivity (Wildman–Crippen MR) is 52.1 cm³/mol. The molecule has 0 bridgehead atoms. The van der Waals surface area contributed by atoms with Crippen molar-refractivity contribution in [2.75, 3.05) is 6.61 Å². The van der Waals surface area contributed by atoms with Gasteiger partial charge in [-0.2, -0.15) is 0 Å². The Labute approximate surface area is 78.4 Å². The number of rotatable bonds is 3. The lowest BCUT2D eigenvalue weighted by molar-refractivity contribution is 0.275. The number of hydrogen-bond donors (Lipinski definition) is 2. The molecule has 0 saturated heterocycles. The van der Waals surface area contributed by atoms with E-state index in [0.29, 0.717) is 5.92 Å². The van der Waals surface area contributed by atoms with Crippen LogP contribution >= 0.6 is 0 Å². The van der Waals surface area contributed by atoms with Crippen molar-refractivity contribution in [3.8, 4) is 0 Å². The van der Waals surface area contributed by atoms with Gasteiger partial charge < -0.3 is 10.8 Å². The van der Waals surface area contributed by atoms with Crippen LogP contribution in [0.3, 0.4) is 0 Å². The standard InChI is InChI=1S/C11H15NO/c12-11(8-10(11)6-7-13)9-4-2-1-3-5-9/h1-5,10,13H,6-8,12H2/t10-,11+/m1/s1. The topological polar surface area (TPSA) is 46.2 Å². The van der Waals surface area contributed by atoms with Crippen LogP contribution in [0.15, 0.2) is 30.3 Å². The molecule has 0 aromatic heterocycles. The summed E-state index contributed by atoms with van der Waals surface area (Å²) in [5.41, 5.74) is 7.24. The van der Waals surface area contributed by atoms with Gasteiger partial charge in [-0.05, 0) is 24.3 Å². The fraction of sp³-hybridized carbons (Fsp3) is 0.455. The molecule has 0 amide bonds. The molecule has 3 N–H and O–H groups in total. The average Bonchev–Trinajstić information content (AvgIpc) is 2.81. The van der Waals surface area contributed by atoms with E-state index in [4.69, 9.17) is 10.8 Å². The summed E-state index contributed by atoms with van der Waals surface area (Å²) in [6, 6.07) is 10.2. The van der Waals surface area contributed by atoms with Crippen molar-refractivity contribution in [2.45, 2.75) is 18.4 Å². The van der Waals surface area contributed by atoms with Crippen LogP contribution in [0.4, 0.5) is 0 Å². The molecular formula is C11H15NO. The maximum Gasteiger partial charge on any atom is 0.0443 e. The van der Waals surface area contributed by atoms with Crippen molar-refractivity contribution in [2.24, 2.45) is 11.7 Å². The highest BCUT2D eigenvalue weighted by Crippen LogP contribution is 2.51. The summed E-state index contributed by atoms with van der Waals surface area (Å²) in [6.07, 6.45) is 1.84. The average molecular weight is 177 g/mol. The maximum atomic E-state index is 8.80. The van der Waals surface area contributed by atoms with Gasteiger partial charge in [0.2, 0.25) is 0 Å². The van der Waals surface area contributed by atoms with E-state index >= 15 is 0 Å². The van der Waals surface area contributed by atoms with Gasteiger partial charge in [0.05, 0.1) is 0 Å². The van der Waals surface area contributed by atoms with E-state index in [2.05, 4.69) is 12.1 Å². The Balaban J connectivity index is 2.11. The third kappa shape index (κ3) is 1.47. The molecule has 1 aromatic carbocycles. The highest BCUT2D eigenvalue weighted by atomic mass is 16.3. The van der Waals surface area contributed by atoms with Gasteiger partial charge in [0.1, 0.15) is 0 Å². The molecule has 0 spiro atoms. The Bertz CT molecular complexity index is 285. The second-order valence-electron chi connectivity index (χ2n) is 3.82. The second-order valence-corrected chi connectivity index (χ2v) is 3.82. The summed E-state index contributed by atoms with van der Waals surface area (Å²) >= 11 is 0.